The number of hydrogen-bond acceptors (Lipinski definition) is 7. The third-order valence-corrected chi connectivity index (χ3v) is 5.83. The number of rotatable bonds is 10. The lowest BCUT2D eigenvalue weighted by atomic mass is 9.90. The predicted molar refractivity (Wildman–Crippen MR) is 137 cm³/mol. The van der Waals surface area contributed by atoms with Crippen LogP contribution in [-0.2, 0) is 9.47 Å². The van der Waals surface area contributed by atoms with Crippen LogP contribution in [0.4, 0.5) is 0 Å². The molecule has 0 saturated heterocycles. The largest absolute Gasteiger partial charge is 0.508 e. The number of fused-ring (bicyclic) bond motifs is 2. The molecule has 1 aliphatic carbocycles. The quantitative estimate of drug-likeness (QED) is 0.212. The Bertz CT molecular complexity index is 1470. The van der Waals surface area contributed by atoms with Crippen molar-refractivity contribution in [3.63, 3.8) is 0 Å². The lowest BCUT2D eigenvalue weighted by Crippen LogP contribution is -2.29. The number of carbonyl (C=O) groups is 2. The maximum Gasteiger partial charge on any atom is 0.336 e. The molecule has 0 fully saturated rings. The average Bonchev–Trinajstić information content (AvgIpc) is 2.87. The summed E-state index contributed by atoms with van der Waals surface area (Å²) in [5.74, 6) is -1.45. The number of carboxylic acid groups (broad SMARTS) is 1. The van der Waals surface area contributed by atoms with Crippen LogP contribution < -0.4 is 10.7 Å². The van der Waals surface area contributed by atoms with E-state index in [4.69, 9.17) is 13.9 Å². The van der Waals surface area contributed by atoms with Crippen molar-refractivity contribution in [2.24, 2.45) is 0 Å². The molecular formula is C28H27NO8. The van der Waals surface area contributed by atoms with Gasteiger partial charge in [-0.25, -0.2) is 4.79 Å². The molecule has 0 bridgehead atoms. The molecule has 0 aromatic heterocycles. The van der Waals surface area contributed by atoms with Gasteiger partial charge in [-0.2, -0.15) is 0 Å². The van der Waals surface area contributed by atoms with Gasteiger partial charge >= 0.3 is 5.97 Å². The first-order valence-corrected chi connectivity index (χ1v) is 11.9. The Kier molecular flexibility index (Phi) is 7.86. The van der Waals surface area contributed by atoms with Crippen LogP contribution in [-0.4, -0.2) is 48.1 Å². The Morgan fingerprint density at radius 2 is 1.70 bits per heavy atom. The number of amides is 1. The van der Waals surface area contributed by atoms with Gasteiger partial charge in [0.2, 0.25) is 0 Å². The summed E-state index contributed by atoms with van der Waals surface area (Å²) in [7, 11) is 0. The summed E-state index contributed by atoms with van der Waals surface area (Å²) in [5.41, 5.74) is 1.47. The molecule has 0 radical (unpaired) electrons. The van der Waals surface area contributed by atoms with E-state index in [2.05, 4.69) is 5.32 Å². The van der Waals surface area contributed by atoms with Crippen LogP contribution >= 0.6 is 0 Å². The first-order chi connectivity index (χ1) is 17.8. The third kappa shape index (κ3) is 5.63. The van der Waals surface area contributed by atoms with Gasteiger partial charge in [0, 0.05) is 60.4 Å². The SMILES string of the molecule is CCOC(CCNC(=O)c1ccc(-c2c3ccc(=O)cc-3oc3cc(O)ccc23)c(C(=O)O)c1)OCC. The Morgan fingerprint density at radius 3 is 2.41 bits per heavy atom. The molecule has 1 aliphatic heterocycles. The van der Waals surface area contributed by atoms with Crippen LogP contribution in [0.2, 0.25) is 0 Å². The Morgan fingerprint density at radius 1 is 0.973 bits per heavy atom. The number of carbonyl (C=O) groups excluding carboxylic acids is 1. The summed E-state index contributed by atoms with van der Waals surface area (Å²) in [6, 6.07) is 13.2. The van der Waals surface area contributed by atoms with Crippen LogP contribution in [0.25, 0.3) is 33.4 Å². The predicted octanol–water partition coefficient (Wildman–Crippen LogP) is 4.49. The van der Waals surface area contributed by atoms with E-state index in [9.17, 15) is 24.6 Å². The number of hydrogen-bond donors (Lipinski definition) is 3. The van der Waals surface area contributed by atoms with Gasteiger partial charge in [-0.15, -0.1) is 0 Å². The van der Waals surface area contributed by atoms with Crippen molar-refractivity contribution >= 4 is 22.8 Å². The zero-order valence-electron chi connectivity index (χ0n) is 20.4. The molecule has 0 saturated carbocycles. The van der Waals surface area contributed by atoms with Crippen molar-refractivity contribution in [1.29, 1.82) is 0 Å². The monoisotopic (exact) mass is 505 g/mol. The molecule has 2 aromatic rings. The van der Waals surface area contributed by atoms with Crippen molar-refractivity contribution in [2.45, 2.75) is 26.6 Å². The number of nitrogens with one attached hydrogen (secondary N) is 1. The molecule has 0 spiro atoms. The smallest absolute Gasteiger partial charge is 0.336 e. The van der Waals surface area contributed by atoms with Gasteiger partial charge in [-0.05, 0) is 55.8 Å². The van der Waals surface area contributed by atoms with Crippen molar-refractivity contribution < 1.29 is 33.7 Å². The molecule has 37 heavy (non-hydrogen) atoms. The topological polar surface area (TPSA) is 135 Å². The fraction of sp³-hybridized carbons (Fsp3) is 0.250. The van der Waals surface area contributed by atoms with E-state index in [0.717, 1.165) is 0 Å². The lowest BCUT2D eigenvalue weighted by Gasteiger charge is -2.18. The second-order valence-corrected chi connectivity index (χ2v) is 8.27. The van der Waals surface area contributed by atoms with Crippen molar-refractivity contribution in [3.8, 4) is 28.2 Å². The van der Waals surface area contributed by atoms with Crippen molar-refractivity contribution in [3.05, 3.63) is 75.9 Å². The summed E-state index contributed by atoms with van der Waals surface area (Å²) < 4.78 is 16.8. The van der Waals surface area contributed by atoms with E-state index in [0.29, 0.717) is 41.7 Å². The molecule has 1 amide bonds. The molecule has 0 unspecified atom stereocenters. The average molecular weight is 506 g/mol. The number of benzene rings is 3. The highest BCUT2D eigenvalue weighted by Gasteiger charge is 2.23. The molecule has 2 aliphatic rings. The first-order valence-electron chi connectivity index (χ1n) is 11.9. The first kappa shape index (κ1) is 25.9. The van der Waals surface area contributed by atoms with E-state index in [1.165, 1.54) is 30.3 Å². The van der Waals surface area contributed by atoms with Gasteiger partial charge < -0.3 is 29.4 Å². The van der Waals surface area contributed by atoms with Crippen LogP contribution in [0.1, 0.15) is 41.0 Å². The van der Waals surface area contributed by atoms with Gasteiger partial charge in [0.15, 0.2) is 11.7 Å². The summed E-state index contributed by atoms with van der Waals surface area (Å²) in [6.07, 6.45) is 0.00327. The molecule has 9 heteroatoms. The fourth-order valence-electron chi connectivity index (χ4n) is 4.22. The number of phenols is 1. The highest BCUT2D eigenvalue weighted by atomic mass is 16.7. The number of carboxylic acids is 1. The summed E-state index contributed by atoms with van der Waals surface area (Å²) in [6.45, 7) is 4.95. The number of aromatic carboxylic acids is 1. The minimum Gasteiger partial charge on any atom is -0.508 e. The van der Waals surface area contributed by atoms with E-state index in [-0.39, 0.29) is 40.2 Å². The summed E-state index contributed by atoms with van der Waals surface area (Å²) >= 11 is 0. The zero-order chi connectivity index (χ0) is 26.5. The van der Waals surface area contributed by atoms with Crippen LogP contribution in [0.15, 0.2) is 63.8 Å². The highest BCUT2D eigenvalue weighted by Crippen LogP contribution is 2.42. The lowest BCUT2D eigenvalue weighted by molar-refractivity contribution is -0.138. The van der Waals surface area contributed by atoms with Crippen LogP contribution in [0, 0.1) is 0 Å². The zero-order valence-corrected chi connectivity index (χ0v) is 20.4. The second-order valence-electron chi connectivity index (χ2n) is 8.27. The molecular weight excluding hydrogens is 478 g/mol. The molecule has 3 N–H and O–H groups in total. The number of ether oxygens (including phenoxy) is 2. The van der Waals surface area contributed by atoms with E-state index >= 15 is 0 Å². The maximum absolute atomic E-state index is 12.8. The van der Waals surface area contributed by atoms with Crippen molar-refractivity contribution in [2.75, 3.05) is 19.8 Å². The normalized spacial score (nSPS) is 11.3. The molecule has 1 heterocycles. The number of phenolic OH excluding ortho intramolecular Hbond substituents is 1. The van der Waals surface area contributed by atoms with Crippen LogP contribution in [0.5, 0.6) is 5.75 Å². The van der Waals surface area contributed by atoms with Crippen LogP contribution in [0.3, 0.4) is 0 Å². The Labute approximate surface area is 212 Å². The molecule has 0 atom stereocenters. The molecule has 4 rings (SSSR count). The molecule has 9 nitrogen and oxygen atoms in total. The standard InChI is InChI=1S/C28H27NO8/c1-3-35-25(36-4-2)11-12-29-27(32)16-5-8-19(22(13-16)28(33)34)26-20-9-6-17(30)14-23(20)37-24-15-18(31)7-10-21(24)26/h5-10,13-15,25,30H,3-4,11-12H2,1-2H3,(H,29,32)(H,33,34). The van der Waals surface area contributed by atoms with Crippen molar-refractivity contribution in [1.82, 2.24) is 5.32 Å². The summed E-state index contributed by atoms with van der Waals surface area (Å²) in [4.78, 5) is 37.1. The van der Waals surface area contributed by atoms with Gasteiger partial charge in [-0.1, -0.05) is 6.07 Å². The maximum atomic E-state index is 12.8. The summed E-state index contributed by atoms with van der Waals surface area (Å²) in [5, 5.41) is 23.3. The number of aromatic hydroxyl groups is 1. The highest BCUT2D eigenvalue weighted by molar-refractivity contribution is 6.09. The second kappa shape index (κ2) is 11.2. The van der Waals surface area contributed by atoms with E-state index in [1.807, 2.05) is 13.8 Å². The van der Waals surface area contributed by atoms with Gasteiger partial charge in [0.1, 0.15) is 17.1 Å². The Hall–Kier alpha value is -4.21. The molecule has 2 aromatic carbocycles. The van der Waals surface area contributed by atoms with Gasteiger partial charge in [-0.3, -0.25) is 9.59 Å². The van der Waals surface area contributed by atoms with E-state index < -0.39 is 18.2 Å². The third-order valence-electron chi connectivity index (χ3n) is 5.83. The minimum atomic E-state index is -1.22. The minimum absolute atomic E-state index is 0.0405. The Balaban J connectivity index is 1.73. The van der Waals surface area contributed by atoms with Gasteiger partial charge in [0.05, 0.1) is 5.56 Å². The van der Waals surface area contributed by atoms with E-state index in [1.54, 1.807) is 24.3 Å². The van der Waals surface area contributed by atoms with Gasteiger partial charge in [0.25, 0.3) is 5.91 Å². The molecule has 192 valence electrons. The fourth-order valence-corrected chi connectivity index (χ4v) is 4.22.